The summed E-state index contributed by atoms with van der Waals surface area (Å²) >= 11 is 6.03. The van der Waals surface area contributed by atoms with Crippen molar-refractivity contribution in [1.82, 2.24) is 0 Å². The summed E-state index contributed by atoms with van der Waals surface area (Å²) in [6.07, 6.45) is 0. The van der Waals surface area contributed by atoms with Crippen LogP contribution in [0.1, 0.15) is 11.1 Å². The second-order valence-electron chi connectivity index (χ2n) is 7.88. The zero-order chi connectivity index (χ0) is 24.4. The number of benzene rings is 4. The van der Waals surface area contributed by atoms with Gasteiger partial charge >= 0.3 is 0 Å². The van der Waals surface area contributed by atoms with E-state index >= 15 is 0 Å². The minimum Gasteiger partial charge on any atom is -0.354 e. The summed E-state index contributed by atoms with van der Waals surface area (Å²) in [6, 6.07) is 29.8. The van der Waals surface area contributed by atoms with E-state index in [1.54, 1.807) is 48.5 Å². The van der Waals surface area contributed by atoms with Gasteiger partial charge in [-0.3, -0.25) is 9.52 Å². The van der Waals surface area contributed by atoms with Crippen molar-refractivity contribution in [2.45, 2.75) is 4.90 Å². The highest BCUT2D eigenvalue weighted by Gasteiger charge is 2.30. The lowest BCUT2D eigenvalue weighted by Gasteiger charge is -2.15. The monoisotopic (exact) mass is 501 g/mol. The third-order valence-electron chi connectivity index (χ3n) is 5.50. The number of carbonyl (C=O) groups is 1. The van der Waals surface area contributed by atoms with E-state index in [0.717, 1.165) is 11.3 Å². The molecule has 0 spiro atoms. The number of sulfonamides is 1. The van der Waals surface area contributed by atoms with Crippen LogP contribution in [0.5, 0.6) is 0 Å². The molecule has 35 heavy (non-hydrogen) atoms. The molecule has 0 saturated carbocycles. The summed E-state index contributed by atoms with van der Waals surface area (Å²) in [5.74, 6) is -0.328. The van der Waals surface area contributed by atoms with Crippen molar-refractivity contribution < 1.29 is 13.2 Å². The van der Waals surface area contributed by atoms with Crippen LogP contribution in [-0.4, -0.2) is 14.3 Å². The molecule has 8 heteroatoms. The van der Waals surface area contributed by atoms with Crippen LogP contribution >= 0.6 is 11.6 Å². The van der Waals surface area contributed by atoms with Crippen molar-refractivity contribution in [3.8, 4) is 0 Å². The molecule has 6 nitrogen and oxygen atoms in total. The highest BCUT2D eigenvalue weighted by Crippen LogP contribution is 2.39. The minimum atomic E-state index is -3.88. The summed E-state index contributed by atoms with van der Waals surface area (Å²) in [5, 5.41) is 6.77. The van der Waals surface area contributed by atoms with Crippen molar-refractivity contribution in [3.05, 3.63) is 119 Å². The number of hydrogen-bond acceptors (Lipinski definition) is 4. The summed E-state index contributed by atoms with van der Waals surface area (Å²) in [5.41, 5.74) is 3.88. The summed E-state index contributed by atoms with van der Waals surface area (Å²) in [4.78, 5) is 13.2. The summed E-state index contributed by atoms with van der Waals surface area (Å²) in [6.45, 7) is 0. The van der Waals surface area contributed by atoms with Crippen molar-refractivity contribution in [3.63, 3.8) is 0 Å². The normalized spacial score (nSPS) is 14.1. The number of amides is 1. The van der Waals surface area contributed by atoms with Gasteiger partial charge < -0.3 is 10.6 Å². The summed E-state index contributed by atoms with van der Waals surface area (Å²) < 4.78 is 28.8. The van der Waals surface area contributed by atoms with Crippen LogP contribution in [0.2, 0.25) is 5.02 Å². The standard InChI is InChI=1S/C27H20ClN3O3S/c28-19-11-13-20(14-12-19)29-26(18-7-3-1-4-8-18)25-23-17-22(15-16-24(23)30-27(25)32)35(33,34)31-21-9-5-2-6-10-21/h1-17,29,31H,(H,30,32)/b26-25-. The molecule has 0 atom stereocenters. The summed E-state index contributed by atoms with van der Waals surface area (Å²) in [7, 11) is -3.88. The van der Waals surface area contributed by atoms with E-state index in [9.17, 15) is 13.2 Å². The van der Waals surface area contributed by atoms with Crippen LogP contribution in [-0.2, 0) is 14.8 Å². The lowest BCUT2D eigenvalue weighted by molar-refractivity contribution is -0.110. The van der Waals surface area contributed by atoms with Crippen molar-refractivity contribution in [1.29, 1.82) is 0 Å². The SMILES string of the molecule is O=C1Nc2ccc(S(=O)(=O)Nc3ccccc3)cc2/C1=C(/Nc1ccc(Cl)cc1)c1ccccc1. The zero-order valence-corrected chi connectivity index (χ0v) is 19.9. The van der Waals surface area contributed by atoms with Gasteiger partial charge in [-0.05, 0) is 60.2 Å². The van der Waals surface area contributed by atoms with Gasteiger partial charge in [0.25, 0.3) is 15.9 Å². The van der Waals surface area contributed by atoms with E-state index < -0.39 is 10.0 Å². The quantitative estimate of drug-likeness (QED) is 0.280. The molecule has 0 saturated heterocycles. The maximum absolute atomic E-state index is 13.1. The van der Waals surface area contributed by atoms with Crippen LogP contribution in [0.15, 0.2) is 108 Å². The molecule has 0 unspecified atom stereocenters. The topological polar surface area (TPSA) is 87.3 Å². The van der Waals surface area contributed by atoms with E-state index in [4.69, 9.17) is 11.6 Å². The number of carbonyl (C=O) groups excluding carboxylic acids is 1. The predicted octanol–water partition coefficient (Wildman–Crippen LogP) is 6.07. The molecule has 0 aliphatic carbocycles. The molecule has 1 amide bonds. The van der Waals surface area contributed by atoms with Gasteiger partial charge in [0.15, 0.2) is 0 Å². The first kappa shape index (κ1) is 22.7. The van der Waals surface area contributed by atoms with E-state index in [-0.39, 0.29) is 10.8 Å². The second-order valence-corrected chi connectivity index (χ2v) is 10.00. The fourth-order valence-corrected chi connectivity index (χ4v) is 5.05. The number of fused-ring (bicyclic) bond motifs is 1. The molecular weight excluding hydrogens is 482 g/mol. The second kappa shape index (κ2) is 9.29. The largest absolute Gasteiger partial charge is 0.354 e. The Morgan fingerprint density at radius 1 is 0.771 bits per heavy atom. The number of anilines is 3. The van der Waals surface area contributed by atoms with Gasteiger partial charge in [0.1, 0.15) is 0 Å². The predicted molar refractivity (Wildman–Crippen MR) is 141 cm³/mol. The fourth-order valence-electron chi connectivity index (χ4n) is 3.84. The molecule has 0 bridgehead atoms. The highest BCUT2D eigenvalue weighted by atomic mass is 35.5. The maximum atomic E-state index is 13.1. The molecule has 4 aromatic carbocycles. The third kappa shape index (κ3) is 4.77. The number of para-hydroxylation sites is 1. The molecule has 0 radical (unpaired) electrons. The molecule has 1 aliphatic heterocycles. The Labute approximate surface area is 208 Å². The number of rotatable bonds is 6. The third-order valence-corrected chi connectivity index (χ3v) is 7.13. The van der Waals surface area contributed by atoms with Crippen LogP contribution in [0.25, 0.3) is 11.3 Å². The first-order valence-electron chi connectivity index (χ1n) is 10.8. The van der Waals surface area contributed by atoms with E-state index in [1.165, 1.54) is 12.1 Å². The lowest BCUT2D eigenvalue weighted by atomic mass is 10.00. The Morgan fingerprint density at radius 3 is 2.11 bits per heavy atom. The van der Waals surface area contributed by atoms with E-state index in [0.29, 0.717) is 33.2 Å². The van der Waals surface area contributed by atoms with Crippen molar-refractivity contribution in [2.24, 2.45) is 0 Å². The van der Waals surface area contributed by atoms with Gasteiger partial charge in [-0.15, -0.1) is 0 Å². The van der Waals surface area contributed by atoms with Gasteiger partial charge in [0.2, 0.25) is 0 Å². The Kier molecular flexibility index (Phi) is 6.03. The van der Waals surface area contributed by atoms with Crippen LogP contribution in [0, 0.1) is 0 Å². The van der Waals surface area contributed by atoms with Gasteiger partial charge in [0.05, 0.1) is 16.2 Å². The lowest BCUT2D eigenvalue weighted by Crippen LogP contribution is -2.13. The molecule has 0 fully saturated rings. The molecule has 174 valence electrons. The average molecular weight is 502 g/mol. The number of hydrogen-bond donors (Lipinski definition) is 3. The van der Waals surface area contributed by atoms with E-state index in [1.807, 2.05) is 42.5 Å². The van der Waals surface area contributed by atoms with Crippen LogP contribution in [0.3, 0.4) is 0 Å². The number of nitrogens with one attached hydrogen (secondary N) is 3. The van der Waals surface area contributed by atoms with Crippen molar-refractivity contribution in [2.75, 3.05) is 15.4 Å². The molecule has 0 aromatic heterocycles. The molecular formula is C27H20ClN3O3S. The van der Waals surface area contributed by atoms with E-state index in [2.05, 4.69) is 15.4 Å². The van der Waals surface area contributed by atoms with Gasteiger partial charge in [-0.1, -0.05) is 60.1 Å². The van der Waals surface area contributed by atoms with Crippen LogP contribution in [0.4, 0.5) is 17.1 Å². The maximum Gasteiger partial charge on any atom is 0.261 e. The first-order chi connectivity index (χ1) is 16.9. The first-order valence-corrected chi connectivity index (χ1v) is 12.6. The van der Waals surface area contributed by atoms with Gasteiger partial charge in [-0.25, -0.2) is 8.42 Å². The van der Waals surface area contributed by atoms with Gasteiger partial charge in [-0.2, -0.15) is 0 Å². The Bertz CT molecular complexity index is 1540. The van der Waals surface area contributed by atoms with Crippen molar-refractivity contribution >= 4 is 55.9 Å². The Balaban J connectivity index is 1.63. The molecule has 1 heterocycles. The minimum absolute atomic E-state index is 0.0491. The zero-order valence-electron chi connectivity index (χ0n) is 18.3. The fraction of sp³-hybridized carbons (Fsp3) is 0. The Morgan fingerprint density at radius 2 is 1.43 bits per heavy atom. The molecule has 4 aromatic rings. The molecule has 3 N–H and O–H groups in total. The van der Waals surface area contributed by atoms with Crippen LogP contribution < -0.4 is 15.4 Å². The van der Waals surface area contributed by atoms with Gasteiger partial charge in [0, 0.05) is 27.6 Å². The highest BCUT2D eigenvalue weighted by molar-refractivity contribution is 7.92. The number of halogens is 1. The molecule has 5 rings (SSSR count). The Hall–Kier alpha value is -4.07. The molecule has 1 aliphatic rings. The average Bonchev–Trinajstić information content (AvgIpc) is 3.19. The smallest absolute Gasteiger partial charge is 0.261 e.